The number of nitrogens with two attached hydrogens (primary N) is 1. The molecule has 1 aromatic heterocycles. The number of hydrogen-bond acceptors (Lipinski definition) is 3. The third-order valence-corrected chi connectivity index (χ3v) is 2.68. The lowest BCUT2D eigenvalue weighted by Crippen LogP contribution is -2.33. The molecule has 0 saturated heterocycles. The molecule has 0 aliphatic carbocycles. The van der Waals surface area contributed by atoms with Crippen molar-refractivity contribution in [2.45, 2.75) is 39.7 Å². The Hall–Kier alpha value is -1.65. The van der Waals surface area contributed by atoms with Gasteiger partial charge in [-0.05, 0) is 31.7 Å². The Morgan fingerprint density at radius 3 is 2.72 bits per heavy atom. The highest BCUT2D eigenvalue weighted by atomic mass is 19.1. The predicted octanol–water partition coefficient (Wildman–Crippen LogP) is 2.36. The summed E-state index contributed by atoms with van der Waals surface area (Å²) in [6.07, 6.45) is 2.90. The largest absolute Gasteiger partial charge is 0.383 e. The number of carbonyl (C=O) groups excluding carboxylic acids is 1. The van der Waals surface area contributed by atoms with Crippen LogP contribution in [0.3, 0.4) is 0 Å². The van der Waals surface area contributed by atoms with Crippen LogP contribution in [-0.2, 0) is 0 Å². The lowest BCUT2D eigenvalue weighted by atomic mass is 10.0. The third-order valence-electron chi connectivity index (χ3n) is 2.68. The van der Waals surface area contributed by atoms with Crippen LogP contribution in [0.5, 0.6) is 0 Å². The molecule has 1 unspecified atom stereocenters. The molecule has 0 fully saturated rings. The molecular formula is C13H20FN3O. The summed E-state index contributed by atoms with van der Waals surface area (Å²) >= 11 is 0. The van der Waals surface area contributed by atoms with Crippen molar-refractivity contribution in [2.75, 3.05) is 5.73 Å². The van der Waals surface area contributed by atoms with Gasteiger partial charge in [-0.1, -0.05) is 13.8 Å². The fourth-order valence-corrected chi connectivity index (χ4v) is 1.59. The van der Waals surface area contributed by atoms with Gasteiger partial charge in [-0.25, -0.2) is 9.37 Å². The zero-order chi connectivity index (χ0) is 13.7. The van der Waals surface area contributed by atoms with E-state index in [1.54, 1.807) is 0 Å². The van der Waals surface area contributed by atoms with Gasteiger partial charge in [-0.2, -0.15) is 0 Å². The summed E-state index contributed by atoms with van der Waals surface area (Å²) in [5.41, 5.74) is 5.64. The summed E-state index contributed by atoms with van der Waals surface area (Å²) in [6.45, 7) is 6.18. The van der Waals surface area contributed by atoms with Crippen LogP contribution in [0.4, 0.5) is 10.2 Å². The van der Waals surface area contributed by atoms with Crippen molar-refractivity contribution < 1.29 is 9.18 Å². The lowest BCUT2D eigenvalue weighted by molar-refractivity contribution is 0.0937. The van der Waals surface area contributed by atoms with Crippen molar-refractivity contribution in [2.24, 2.45) is 5.92 Å². The van der Waals surface area contributed by atoms with Crippen molar-refractivity contribution in [3.8, 4) is 0 Å². The van der Waals surface area contributed by atoms with Crippen LogP contribution in [0.2, 0.25) is 0 Å². The van der Waals surface area contributed by atoms with E-state index in [-0.39, 0.29) is 23.3 Å². The number of halogens is 1. The Labute approximate surface area is 107 Å². The summed E-state index contributed by atoms with van der Waals surface area (Å²) in [7, 11) is 0. The van der Waals surface area contributed by atoms with Crippen LogP contribution in [0.1, 0.15) is 44.0 Å². The van der Waals surface area contributed by atoms with Gasteiger partial charge in [-0.3, -0.25) is 4.79 Å². The van der Waals surface area contributed by atoms with Crippen molar-refractivity contribution in [1.82, 2.24) is 10.3 Å². The molecule has 1 aromatic rings. The van der Waals surface area contributed by atoms with E-state index in [1.165, 1.54) is 0 Å². The van der Waals surface area contributed by atoms with Crippen molar-refractivity contribution >= 4 is 11.7 Å². The molecule has 0 spiro atoms. The number of amides is 1. The SMILES string of the molecule is CC(C)CCC(C)NC(=O)c1cc(F)cnc1N. The normalized spacial score (nSPS) is 12.5. The molecule has 0 saturated carbocycles. The van der Waals surface area contributed by atoms with Crippen LogP contribution in [0.15, 0.2) is 12.3 Å². The van der Waals surface area contributed by atoms with E-state index in [4.69, 9.17) is 5.73 Å². The molecule has 5 heteroatoms. The topological polar surface area (TPSA) is 68.0 Å². The van der Waals surface area contributed by atoms with Crippen LogP contribution in [0.25, 0.3) is 0 Å². The fourth-order valence-electron chi connectivity index (χ4n) is 1.59. The lowest BCUT2D eigenvalue weighted by Gasteiger charge is -2.15. The maximum Gasteiger partial charge on any atom is 0.255 e. The summed E-state index contributed by atoms with van der Waals surface area (Å²) in [5, 5.41) is 2.79. The molecule has 4 nitrogen and oxygen atoms in total. The van der Waals surface area contributed by atoms with Crippen LogP contribution >= 0.6 is 0 Å². The van der Waals surface area contributed by atoms with Gasteiger partial charge in [0.2, 0.25) is 0 Å². The summed E-state index contributed by atoms with van der Waals surface area (Å²) in [5.74, 6) is -0.310. The number of rotatable bonds is 5. The summed E-state index contributed by atoms with van der Waals surface area (Å²) < 4.78 is 13.0. The second-order valence-corrected chi connectivity index (χ2v) is 4.93. The molecule has 1 atom stereocenters. The molecular weight excluding hydrogens is 233 g/mol. The Kier molecular flexibility index (Phi) is 5.07. The smallest absolute Gasteiger partial charge is 0.255 e. The molecule has 1 amide bonds. The average Bonchev–Trinajstić information content (AvgIpc) is 2.29. The Morgan fingerprint density at radius 2 is 2.11 bits per heavy atom. The molecule has 3 N–H and O–H groups in total. The number of pyridine rings is 1. The number of carbonyl (C=O) groups is 1. The predicted molar refractivity (Wildman–Crippen MR) is 69.6 cm³/mol. The van der Waals surface area contributed by atoms with Gasteiger partial charge in [0.25, 0.3) is 5.91 Å². The summed E-state index contributed by atoms with van der Waals surface area (Å²) in [6, 6.07) is 1.13. The highest BCUT2D eigenvalue weighted by Gasteiger charge is 2.14. The van der Waals surface area contributed by atoms with Gasteiger partial charge in [0.15, 0.2) is 0 Å². The molecule has 100 valence electrons. The first-order valence-corrected chi connectivity index (χ1v) is 6.12. The quantitative estimate of drug-likeness (QED) is 0.846. The number of hydrogen-bond donors (Lipinski definition) is 2. The first-order valence-electron chi connectivity index (χ1n) is 6.12. The third kappa shape index (κ3) is 4.31. The molecule has 1 heterocycles. The number of aromatic nitrogens is 1. The highest BCUT2D eigenvalue weighted by Crippen LogP contribution is 2.11. The van der Waals surface area contributed by atoms with E-state index < -0.39 is 5.82 Å². The number of nitrogens with zero attached hydrogens (tertiary/aromatic N) is 1. The van der Waals surface area contributed by atoms with Gasteiger partial charge in [0.05, 0.1) is 11.8 Å². The second kappa shape index (κ2) is 6.33. The van der Waals surface area contributed by atoms with Crippen LogP contribution in [-0.4, -0.2) is 16.9 Å². The maximum absolute atomic E-state index is 13.0. The minimum Gasteiger partial charge on any atom is -0.383 e. The number of anilines is 1. The minimum absolute atomic E-state index is 0.0302. The first-order chi connectivity index (χ1) is 8.40. The van der Waals surface area contributed by atoms with Crippen molar-refractivity contribution in [3.05, 3.63) is 23.6 Å². The van der Waals surface area contributed by atoms with Gasteiger partial charge in [0, 0.05) is 6.04 Å². The monoisotopic (exact) mass is 253 g/mol. The molecule has 0 aliphatic rings. The van der Waals surface area contributed by atoms with E-state index in [9.17, 15) is 9.18 Å². The molecule has 1 rings (SSSR count). The van der Waals surface area contributed by atoms with Crippen molar-refractivity contribution in [1.29, 1.82) is 0 Å². The summed E-state index contributed by atoms with van der Waals surface area (Å²) in [4.78, 5) is 15.5. The molecule has 0 radical (unpaired) electrons. The highest BCUT2D eigenvalue weighted by molar-refractivity contribution is 5.98. The van der Waals surface area contributed by atoms with E-state index in [2.05, 4.69) is 24.1 Å². The molecule has 0 aliphatic heterocycles. The minimum atomic E-state index is -0.566. The van der Waals surface area contributed by atoms with Gasteiger partial charge < -0.3 is 11.1 Å². The maximum atomic E-state index is 13.0. The molecule has 18 heavy (non-hydrogen) atoms. The Morgan fingerprint density at radius 1 is 1.44 bits per heavy atom. The zero-order valence-corrected chi connectivity index (χ0v) is 11.0. The number of nitrogen functional groups attached to an aromatic ring is 1. The average molecular weight is 253 g/mol. The Bertz CT molecular complexity index is 421. The van der Waals surface area contributed by atoms with Crippen LogP contribution in [0, 0.1) is 11.7 Å². The van der Waals surface area contributed by atoms with Gasteiger partial charge in [-0.15, -0.1) is 0 Å². The Balaban J connectivity index is 2.62. The fraction of sp³-hybridized carbons (Fsp3) is 0.538. The molecule has 0 bridgehead atoms. The number of nitrogens with one attached hydrogen (secondary N) is 1. The van der Waals surface area contributed by atoms with E-state index in [1.807, 2.05) is 6.92 Å². The van der Waals surface area contributed by atoms with Crippen molar-refractivity contribution in [3.63, 3.8) is 0 Å². The molecule has 0 aromatic carbocycles. The van der Waals surface area contributed by atoms with E-state index in [0.29, 0.717) is 5.92 Å². The standard InChI is InChI=1S/C13H20FN3O/c1-8(2)4-5-9(3)17-13(18)11-6-10(14)7-16-12(11)15/h6-9H,4-5H2,1-3H3,(H2,15,16)(H,17,18). The van der Waals surface area contributed by atoms with E-state index in [0.717, 1.165) is 25.1 Å². The van der Waals surface area contributed by atoms with Crippen LogP contribution < -0.4 is 11.1 Å². The van der Waals surface area contributed by atoms with Gasteiger partial charge >= 0.3 is 0 Å². The second-order valence-electron chi connectivity index (χ2n) is 4.93. The zero-order valence-electron chi connectivity index (χ0n) is 11.0. The van der Waals surface area contributed by atoms with E-state index >= 15 is 0 Å². The van der Waals surface area contributed by atoms with Gasteiger partial charge in [0.1, 0.15) is 11.6 Å². The first kappa shape index (κ1) is 14.4.